The highest BCUT2D eigenvalue weighted by Gasteiger charge is 2.25. The molecule has 48 heavy (non-hydrogen) atoms. The molecule has 0 aliphatic heterocycles. The van der Waals surface area contributed by atoms with E-state index in [0.717, 1.165) is 57.8 Å². The molecule has 0 saturated carbocycles. The van der Waals surface area contributed by atoms with Crippen LogP contribution >= 0.6 is 7.82 Å². The second-order valence-corrected chi connectivity index (χ2v) is 14.3. The van der Waals surface area contributed by atoms with Crippen molar-refractivity contribution in [2.24, 2.45) is 5.73 Å². The number of hydrogen-bond acceptors (Lipinski definition) is 7. The maximum absolute atomic E-state index is 12.5. The van der Waals surface area contributed by atoms with Crippen molar-refractivity contribution in [3.05, 3.63) is 36.6 Å². The fourth-order valence-corrected chi connectivity index (χ4v) is 5.99. The van der Waals surface area contributed by atoms with E-state index in [4.69, 9.17) is 24.3 Å². The van der Waals surface area contributed by atoms with Gasteiger partial charge in [0.05, 0.1) is 19.5 Å². The van der Waals surface area contributed by atoms with Crippen molar-refractivity contribution >= 4 is 13.8 Å². The number of carbonyl (C=O) groups is 1. The lowest BCUT2D eigenvalue weighted by molar-refractivity contribution is -0.153. The smallest absolute Gasteiger partial charge is 0.472 e. The van der Waals surface area contributed by atoms with E-state index in [1.54, 1.807) is 6.26 Å². The van der Waals surface area contributed by atoms with Gasteiger partial charge in [0.25, 0.3) is 0 Å². The molecule has 0 aromatic heterocycles. The van der Waals surface area contributed by atoms with Gasteiger partial charge in [-0.15, -0.1) is 0 Å². The molecule has 0 aromatic carbocycles. The van der Waals surface area contributed by atoms with E-state index in [-0.39, 0.29) is 38.8 Å². The van der Waals surface area contributed by atoms with Crippen molar-refractivity contribution in [2.45, 2.75) is 180 Å². The zero-order valence-corrected chi connectivity index (χ0v) is 31.9. The Morgan fingerprint density at radius 2 is 1.12 bits per heavy atom. The van der Waals surface area contributed by atoms with Gasteiger partial charge in [0.15, 0.2) is 6.10 Å². The predicted molar refractivity (Wildman–Crippen MR) is 201 cm³/mol. The fourth-order valence-electron chi connectivity index (χ4n) is 5.23. The largest absolute Gasteiger partial charge is 0.498 e. The van der Waals surface area contributed by atoms with Crippen molar-refractivity contribution < 1.29 is 32.8 Å². The van der Waals surface area contributed by atoms with Crippen LogP contribution in [-0.2, 0) is 27.9 Å². The van der Waals surface area contributed by atoms with Gasteiger partial charge < -0.3 is 20.1 Å². The van der Waals surface area contributed by atoms with Gasteiger partial charge in [-0.25, -0.2) is 4.57 Å². The Morgan fingerprint density at radius 1 is 0.646 bits per heavy atom. The molecule has 2 atom stereocenters. The van der Waals surface area contributed by atoms with Crippen LogP contribution in [0.2, 0.25) is 0 Å². The van der Waals surface area contributed by atoms with Crippen molar-refractivity contribution in [2.75, 3.05) is 26.4 Å². The van der Waals surface area contributed by atoms with E-state index >= 15 is 0 Å². The minimum absolute atomic E-state index is 0.0275. The van der Waals surface area contributed by atoms with Crippen LogP contribution in [0, 0.1) is 0 Å². The van der Waals surface area contributed by atoms with Gasteiger partial charge in [-0.2, -0.15) is 0 Å². The first-order valence-corrected chi connectivity index (χ1v) is 21.0. The van der Waals surface area contributed by atoms with E-state index in [1.807, 2.05) is 6.08 Å². The van der Waals surface area contributed by atoms with Gasteiger partial charge >= 0.3 is 13.8 Å². The van der Waals surface area contributed by atoms with Crippen molar-refractivity contribution in [3.8, 4) is 0 Å². The number of phosphoric acid groups is 1. The number of hydrogen-bond donors (Lipinski definition) is 2. The Balaban J connectivity index is 4.16. The lowest BCUT2D eigenvalue weighted by atomic mass is 10.0. The molecule has 8 nitrogen and oxygen atoms in total. The Labute approximate surface area is 295 Å². The van der Waals surface area contributed by atoms with Gasteiger partial charge in [0.2, 0.25) is 0 Å². The molecule has 0 heterocycles. The Kier molecular flexibility index (Phi) is 35.7. The summed E-state index contributed by atoms with van der Waals surface area (Å²) in [6, 6.07) is 0. The van der Waals surface area contributed by atoms with Gasteiger partial charge in [0, 0.05) is 13.0 Å². The number of rotatable bonds is 37. The predicted octanol–water partition coefficient (Wildman–Crippen LogP) is 11.4. The van der Waals surface area contributed by atoms with Gasteiger partial charge in [-0.05, 0) is 57.4 Å². The zero-order valence-electron chi connectivity index (χ0n) is 31.0. The summed E-state index contributed by atoms with van der Waals surface area (Å²) in [4.78, 5) is 22.4. The zero-order chi connectivity index (χ0) is 35.2. The molecule has 0 fully saturated rings. The minimum Gasteiger partial charge on any atom is -0.498 e. The standard InChI is InChI=1S/C39H74NO7P/c1-3-5-7-9-11-13-15-17-19-20-22-24-26-28-30-32-39(41)47-38(37-46-48(42,43)45-35-33-40)36-44-34-31-29-27-25-23-21-18-16-14-12-10-8-6-4-2/h11,13,17,19,31,34,38H,3-10,12,14-16,18,20-30,32-33,35-37,40H2,1-2H3,(H,42,43). The number of carbonyl (C=O) groups excluding carboxylic acids is 1. The highest BCUT2D eigenvalue weighted by Crippen LogP contribution is 2.43. The molecule has 282 valence electrons. The second-order valence-electron chi connectivity index (χ2n) is 12.9. The summed E-state index contributed by atoms with van der Waals surface area (Å²) in [5.74, 6) is -0.367. The number of nitrogens with two attached hydrogens (primary N) is 1. The highest BCUT2D eigenvalue weighted by molar-refractivity contribution is 7.47. The number of unbranched alkanes of at least 4 members (excludes halogenated alkanes) is 20. The van der Waals surface area contributed by atoms with Gasteiger partial charge in [-0.1, -0.05) is 141 Å². The molecule has 2 unspecified atom stereocenters. The minimum atomic E-state index is -4.29. The van der Waals surface area contributed by atoms with Crippen molar-refractivity contribution in [1.29, 1.82) is 0 Å². The summed E-state index contributed by atoms with van der Waals surface area (Å²) in [5.41, 5.74) is 5.35. The van der Waals surface area contributed by atoms with E-state index in [9.17, 15) is 14.3 Å². The molecule has 0 aliphatic carbocycles. The third kappa shape index (κ3) is 35.9. The number of allylic oxidation sites excluding steroid dienone is 5. The molecular weight excluding hydrogens is 625 g/mol. The number of esters is 1. The average molecular weight is 700 g/mol. The van der Waals surface area contributed by atoms with E-state index < -0.39 is 13.9 Å². The maximum atomic E-state index is 12.5. The lowest BCUT2D eigenvalue weighted by Crippen LogP contribution is -2.27. The molecule has 0 aromatic rings. The Hall–Kier alpha value is -1.44. The van der Waals surface area contributed by atoms with Gasteiger partial charge in [-0.3, -0.25) is 13.8 Å². The summed E-state index contributed by atoms with van der Waals surface area (Å²) in [5, 5.41) is 0. The van der Waals surface area contributed by atoms with Gasteiger partial charge in [0.1, 0.15) is 6.61 Å². The number of ether oxygens (including phenoxy) is 2. The lowest BCUT2D eigenvalue weighted by Gasteiger charge is -2.19. The third-order valence-corrected chi connectivity index (χ3v) is 9.11. The first-order valence-electron chi connectivity index (χ1n) is 19.5. The number of phosphoric ester groups is 1. The second kappa shape index (κ2) is 36.8. The maximum Gasteiger partial charge on any atom is 0.472 e. The summed E-state index contributed by atoms with van der Waals surface area (Å²) >= 11 is 0. The fraction of sp³-hybridized carbons (Fsp3) is 0.821. The van der Waals surface area contributed by atoms with Crippen LogP contribution in [0.15, 0.2) is 36.6 Å². The molecule has 9 heteroatoms. The first-order chi connectivity index (χ1) is 23.4. The Morgan fingerprint density at radius 3 is 1.69 bits per heavy atom. The monoisotopic (exact) mass is 700 g/mol. The van der Waals surface area contributed by atoms with E-state index in [0.29, 0.717) is 0 Å². The topological polar surface area (TPSA) is 117 Å². The quantitative estimate of drug-likeness (QED) is 0.0216. The highest BCUT2D eigenvalue weighted by atomic mass is 31.2. The third-order valence-electron chi connectivity index (χ3n) is 8.12. The molecule has 0 saturated heterocycles. The summed E-state index contributed by atoms with van der Waals surface area (Å²) in [6.45, 7) is 4.19. The van der Waals surface area contributed by atoms with Crippen molar-refractivity contribution in [1.82, 2.24) is 0 Å². The molecule has 0 rings (SSSR count). The van der Waals surface area contributed by atoms with Crippen LogP contribution in [0.5, 0.6) is 0 Å². The molecule has 0 bridgehead atoms. The molecule has 0 spiro atoms. The van der Waals surface area contributed by atoms with Crippen LogP contribution < -0.4 is 5.73 Å². The molecule has 0 radical (unpaired) electrons. The summed E-state index contributed by atoms with van der Waals surface area (Å²) in [6.07, 6.45) is 41.0. The average Bonchev–Trinajstić information content (AvgIpc) is 3.07. The summed E-state index contributed by atoms with van der Waals surface area (Å²) in [7, 11) is -4.29. The molecule has 3 N–H and O–H groups in total. The van der Waals surface area contributed by atoms with Crippen LogP contribution in [0.3, 0.4) is 0 Å². The van der Waals surface area contributed by atoms with Crippen LogP contribution in [-0.4, -0.2) is 43.3 Å². The summed E-state index contributed by atoms with van der Waals surface area (Å²) < 4.78 is 33.1. The molecule has 0 aliphatic rings. The SMILES string of the molecule is CCCCCC=CCC=CCCCCCCCC(=O)OC(COC=CCCCCCCCCCCCCCC)COP(=O)(O)OCCN. The Bertz CT molecular complexity index is 833. The first kappa shape index (κ1) is 46.6. The van der Waals surface area contributed by atoms with Crippen molar-refractivity contribution in [3.63, 3.8) is 0 Å². The van der Waals surface area contributed by atoms with Crippen LogP contribution in [0.1, 0.15) is 174 Å². The van der Waals surface area contributed by atoms with E-state index in [1.165, 1.54) is 96.3 Å². The molecule has 0 amide bonds. The van der Waals surface area contributed by atoms with Crippen LogP contribution in [0.4, 0.5) is 0 Å². The molecular formula is C39H74NO7P. The normalized spacial score (nSPS) is 13.9. The van der Waals surface area contributed by atoms with Crippen LogP contribution in [0.25, 0.3) is 0 Å². The van der Waals surface area contributed by atoms with E-state index in [2.05, 4.69) is 38.2 Å².